The van der Waals surface area contributed by atoms with Gasteiger partial charge >= 0.3 is 0 Å². The quantitative estimate of drug-likeness (QED) is 0.757. The van der Waals surface area contributed by atoms with Gasteiger partial charge in [0.25, 0.3) is 11.8 Å². The van der Waals surface area contributed by atoms with E-state index in [1.165, 1.54) is 11.3 Å². The van der Waals surface area contributed by atoms with Crippen molar-refractivity contribution in [2.24, 2.45) is 0 Å². The molecule has 0 aliphatic rings. The van der Waals surface area contributed by atoms with Gasteiger partial charge in [0.1, 0.15) is 0 Å². The molecular formula is C18H15N3O2S. The first-order chi connectivity index (χ1) is 11.6. The number of hydrogen-bond donors (Lipinski definition) is 2. The lowest BCUT2D eigenvalue weighted by molar-refractivity contribution is 0.101. The smallest absolute Gasteiger partial charge is 0.257 e. The molecule has 0 atom stereocenters. The standard InChI is InChI=1S/C18H15N3O2S/c1-12-11-24-18(19-12)21-17(23)14-8-5-9-15(10-14)20-16(22)13-6-3-2-4-7-13/h2-11H,1H3,(H,20,22)(H,19,21,23). The second-order valence-corrected chi connectivity index (χ2v) is 6.01. The monoisotopic (exact) mass is 337 g/mol. The minimum Gasteiger partial charge on any atom is -0.322 e. The molecule has 0 radical (unpaired) electrons. The fraction of sp³-hybridized carbons (Fsp3) is 0.0556. The van der Waals surface area contributed by atoms with Gasteiger partial charge in [-0.1, -0.05) is 24.3 Å². The number of aromatic nitrogens is 1. The lowest BCUT2D eigenvalue weighted by Gasteiger charge is -2.07. The third kappa shape index (κ3) is 3.85. The SMILES string of the molecule is Cc1csc(NC(=O)c2cccc(NC(=O)c3ccccc3)c2)n1. The molecule has 0 aliphatic heterocycles. The second kappa shape index (κ2) is 7.06. The number of amides is 2. The molecule has 1 aromatic heterocycles. The van der Waals surface area contributed by atoms with Crippen LogP contribution in [-0.2, 0) is 0 Å². The molecule has 0 unspecified atom stereocenters. The van der Waals surface area contributed by atoms with Crippen LogP contribution in [0.3, 0.4) is 0 Å². The van der Waals surface area contributed by atoms with Gasteiger partial charge in [0, 0.05) is 22.2 Å². The number of hydrogen-bond acceptors (Lipinski definition) is 4. The van der Waals surface area contributed by atoms with E-state index in [9.17, 15) is 9.59 Å². The van der Waals surface area contributed by atoms with Gasteiger partial charge in [-0.2, -0.15) is 0 Å². The third-order valence-electron chi connectivity index (χ3n) is 3.26. The average molecular weight is 337 g/mol. The summed E-state index contributed by atoms with van der Waals surface area (Å²) in [5.41, 5.74) is 2.44. The van der Waals surface area contributed by atoms with Crippen molar-refractivity contribution in [2.75, 3.05) is 10.6 Å². The summed E-state index contributed by atoms with van der Waals surface area (Å²) in [6.07, 6.45) is 0. The number of aryl methyl sites for hydroxylation is 1. The van der Waals surface area contributed by atoms with Crippen molar-refractivity contribution in [1.82, 2.24) is 4.98 Å². The number of benzene rings is 2. The van der Waals surface area contributed by atoms with Gasteiger partial charge in [0.05, 0.1) is 5.69 Å². The molecule has 0 saturated carbocycles. The van der Waals surface area contributed by atoms with Crippen LogP contribution in [0, 0.1) is 6.92 Å². The van der Waals surface area contributed by atoms with Crippen molar-refractivity contribution >= 4 is 34.0 Å². The number of nitrogens with one attached hydrogen (secondary N) is 2. The number of carbonyl (C=O) groups is 2. The summed E-state index contributed by atoms with van der Waals surface area (Å²) in [7, 11) is 0. The van der Waals surface area contributed by atoms with Crippen molar-refractivity contribution in [3.8, 4) is 0 Å². The van der Waals surface area contributed by atoms with Crippen molar-refractivity contribution in [1.29, 1.82) is 0 Å². The van der Waals surface area contributed by atoms with Crippen molar-refractivity contribution < 1.29 is 9.59 Å². The Morgan fingerprint density at radius 1 is 0.917 bits per heavy atom. The first-order valence-electron chi connectivity index (χ1n) is 7.32. The van der Waals surface area contributed by atoms with E-state index in [1.807, 2.05) is 18.4 Å². The Bertz CT molecular complexity index is 875. The van der Waals surface area contributed by atoms with Crippen LogP contribution >= 0.6 is 11.3 Å². The van der Waals surface area contributed by atoms with Gasteiger partial charge in [0.15, 0.2) is 5.13 Å². The lowest BCUT2D eigenvalue weighted by atomic mass is 10.1. The number of nitrogens with zero attached hydrogens (tertiary/aromatic N) is 1. The molecule has 3 aromatic rings. The molecule has 1 heterocycles. The highest BCUT2D eigenvalue weighted by Crippen LogP contribution is 2.17. The Labute approximate surface area is 143 Å². The summed E-state index contributed by atoms with van der Waals surface area (Å²) in [6, 6.07) is 15.7. The van der Waals surface area contributed by atoms with E-state index in [2.05, 4.69) is 15.6 Å². The minimum absolute atomic E-state index is 0.219. The minimum atomic E-state index is -0.264. The Morgan fingerprint density at radius 3 is 2.33 bits per heavy atom. The Morgan fingerprint density at radius 2 is 1.62 bits per heavy atom. The second-order valence-electron chi connectivity index (χ2n) is 5.15. The number of rotatable bonds is 4. The predicted octanol–water partition coefficient (Wildman–Crippen LogP) is 3.96. The van der Waals surface area contributed by atoms with Gasteiger partial charge < -0.3 is 5.32 Å². The zero-order valence-corrected chi connectivity index (χ0v) is 13.8. The average Bonchev–Trinajstić information content (AvgIpc) is 3.00. The van der Waals surface area contributed by atoms with Crippen molar-refractivity contribution in [3.63, 3.8) is 0 Å². The summed E-state index contributed by atoms with van der Waals surface area (Å²) in [6.45, 7) is 1.87. The predicted molar refractivity (Wildman–Crippen MR) is 95.6 cm³/mol. The highest BCUT2D eigenvalue weighted by Gasteiger charge is 2.10. The Kier molecular flexibility index (Phi) is 4.67. The molecule has 24 heavy (non-hydrogen) atoms. The van der Waals surface area contributed by atoms with Gasteiger partial charge in [-0.05, 0) is 37.3 Å². The van der Waals surface area contributed by atoms with Gasteiger partial charge in [-0.25, -0.2) is 4.98 Å². The Hall–Kier alpha value is -2.99. The van der Waals surface area contributed by atoms with Crippen LogP contribution in [0.2, 0.25) is 0 Å². The summed E-state index contributed by atoms with van der Waals surface area (Å²) in [4.78, 5) is 28.6. The molecule has 5 nitrogen and oxygen atoms in total. The normalized spacial score (nSPS) is 10.2. The molecule has 2 amide bonds. The fourth-order valence-electron chi connectivity index (χ4n) is 2.11. The summed E-state index contributed by atoms with van der Waals surface area (Å²) in [5.74, 6) is -0.483. The van der Waals surface area contributed by atoms with Crippen molar-refractivity contribution in [3.05, 3.63) is 76.8 Å². The largest absolute Gasteiger partial charge is 0.322 e. The van der Waals surface area contributed by atoms with E-state index in [1.54, 1.807) is 48.5 Å². The van der Waals surface area contributed by atoms with Crippen LogP contribution in [0.15, 0.2) is 60.0 Å². The molecule has 6 heteroatoms. The molecule has 2 aromatic carbocycles. The summed E-state index contributed by atoms with van der Waals surface area (Å²) < 4.78 is 0. The van der Waals surface area contributed by atoms with Gasteiger partial charge in [-0.3, -0.25) is 14.9 Å². The number of carbonyl (C=O) groups excluding carboxylic acids is 2. The fourth-order valence-corrected chi connectivity index (χ4v) is 2.79. The van der Waals surface area contributed by atoms with E-state index >= 15 is 0 Å². The van der Waals surface area contributed by atoms with E-state index in [0.717, 1.165) is 5.69 Å². The number of thiazole rings is 1. The van der Waals surface area contributed by atoms with Gasteiger partial charge in [-0.15, -0.1) is 11.3 Å². The van der Waals surface area contributed by atoms with E-state index in [4.69, 9.17) is 0 Å². The lowest BCUT2D eigenvalue weighted by Crippen LogP contribution is -2.14. The third-order valence-corrected chi connectivity index (χ3v) is 4.13. The molecular weight excluding hydrogens is 322 g/mol. The van der Waals surface area contributed by atoms with Crippen LogP contribution in [-0.4, -0.2) is 16.8 Å². The van der Waals surface area contributed by atoms with Crippen LogP contribution in [0.25, 0.3) is 0 Å². The van der Waals surface area contributed by atoms with Crippen LogP contribution in [0.4, 0.5) is 10.8 Å². The molecule has 0 fully saturated rings. The van der Waals surface area contributed by atoms with E-state index in [-0.39, 0.29) is 11.8 Å². The van der Waals surface area contributed by atoms with Crippen molar-refractivity contribution in [2.45, 2.75) is 6.92 Å². The zero-order chi connectivity index (χ0) is 16.9. The maximum absolute atomic E-state index is 12.3. The first kappa shape index (κ1) is 15.9. The molecule has 0 saturated heterocycles. The van der Waals surface area contributed by atoms with Crippen LogP contribution < -0.4 is 10.6 Å². The van der Waals surface area contributed by atoms with E-state index in [0.29, 0.717) is 21.9 Å². The molecule has 0 aliphatic carbocycles. The molecule has 0 bridgehead atoms. The highest BCUT2D eigenvalue weighted by atomic mass is 32.1. The first-order valence-corrected chi connectivity index (χ1v) is 8.20. The van der Waals surface area contributed by atoms with Crippen LogP contribution in [0.5, 0.6) is 0 Å². The zero-order valence-electron chi connectivity index (χ0n) is 12.9. The number of anilines is 2. The van der Waals surface area contributed by atoms with E-state index < -0.39 is 0 Å². The molecule has 0 spiro atoms. The topological polar surface area (TPSA) is 71.1 Å². The van der Waals surface area contributed by atoms with Gasteiger partial charge in [0.2, 0.25) is 0 Å². The maximum Gasteiger partial charge on any atom is 0.257 e. The highest BCUT2D eigenvalue weighted by molar-refractivity contribution is 7.13. The molecule has 120 valence electrons. The maximum atomic E-state index is 12.3. The van der Waals surface area contributed by atoms with Crippen LogP contribution in [0.1, 0.15) is 26.4 Å². The molecule has 3 rings (SSSR count). The Balaban J connectivity index is 1.72. The molecule has 2 N–H and O–H groups in total. The summed E-state index contributed by atoms with van der Waals surface area (Å²) in [5, 5.41) is 7.96. The summed E-state index contributed by atoms with van der Waals surface area (Å²) >= 11 is 1.37.